The molecule has 0 amide bonds. The van der Waals surface area contributed by atoms with E-state index in [2.05, 4.69) is 12.2 Å². The predicted octanol–water partition coefficient (Wildman–Crippen LogP) is 1.34. The van der Waals surface area contributed by atoms with Crippen LogP contribution in [-0.2, 0) is 14.3 Å². The second-order valence-corrected chi connectivity index (χ2v) is 5.82. The van der Waals surface area contributed by atoms with Crippen molar-refractivity contribution in [1.29, 1.82) is 0 Å². The van der Waals surface area contributed by atoms with Gasteiger partial charge in [0.25, 0.3) is 0 Å². The SMILES string of the molecule is CC1(CNCCC(=O)OC(C)(C)C)COC1. The first kappa shape index (κ1) is 13.5. The highest BCUT2D eigenvalue weighted by Crippen LogP contribution is 2.24. The van der Waals surface area contributed by atoms with Gasteiger partial charge in [-0.15, -0.1) is 0 Å². The second-order valence-electron chi connectivity index (χ2n) is 5.82. The van der Waals surface area contributed by atoms with E-state index in [0.717, 1.165) is 19.8 Å². The van der Waals surface area contributed by atoms with Gasteiger partial charge in [0.2, 0.25) is 0 Å². The Morgan fingerprint density at radius 1 is 1.44 bits per heavy atom. The lowest BCUT2D eigenvalue weighted by atomic mass is 9.89. The average Bonchev–Trinajstić information content (AvgIpc) is 2.06. The molecule has 0 radical (unpaired) electrons. The van der Waals surface area contributed by atoms with Gasteiger partial charge in [-0.05, 0) is 20.8 Å². The zero-order chi connectivity index (χ0) is 12.2. The summed E-state index contributed by atoms with van der Waals surface area (Å²) in [7, 11) is 0. The van der Waals surface area contributed by atoms with Crippen LogP contribution in [0.25, 0.3) is 0 Å². The summed E-state index contributed by atoms with van der Waals surface area (Å²) in [6.45, 7) is 11.0. The molecule has 0 aliphatic carbocycles. The maximum Gasteiger partial charge on any atom is 0.307 e. The van der Waals surface area contributed by atoms with E-state index in [9.17, 15) is 4.79 Å². The number of ether oxygens (including phenoxy) is 2. The van der Waals surface area contributed by atoms with Gasteiger partial charge in [-0.1, -0.05) is 6.92 Å². The van der Waals surface area contributed by atoms with Crippen LogP contribution in [0.2, 0.25) is 0 Å². The van der Waals surface area contributed by atoms with Crippen molar-refractivity contribution in [2.24, 2.45) is 5.41 Å². The molecule has 1 heterocycles. The summed E-state index contributed by atoms with van der Waals surface area (Å²) in [5, 5.41) is 3.26. The average molecular weight is 229 g/mol. The molecule has 0 unspecified atom stereocenters. The van der Waals surface area contributed by atoms with Crippen molar-refractivity contribution in [2.45, 2.75) is 39.7 Å². The van der Waals surface area contributed by atoms with Crippen LogP contribution < -0.4 is 5.32 Å². The van der Waals surface area contributed by atoms with Crippen molar-refractivity contribution in [3.05, 3.63) is 0 Å². The zero-order valence-electron chi connectivity index (χ0n) is 10.8. The molecular weight excluding hydrogens is 206 g/mol. The molecule has 1 N–H and O–H groups in total. The molecule has 1 saturated heterocycles. The molecular formula is C12H23NO3. The van der Waals surface area contributed by atoms with E-state index in [1.54, 1.807) is 0 Å². The lowest BCUT2D eigenvalue weighted by Gasteiger charge is -2.38. The van der Waals surface area contributed by atoms with Crippen LogP contribution in [0.1, 0.15) is 34.1 Å². The zero-order valence-corrected chi connectivity index (χ0v) is 10.8. The van der Waals surface area contributed by atoms with Crippen molar-refractivity contribution < 1.29 is 14.3 Å². The van der Waals surface area contributed by atoms with Crippen LogP contribution in [-0.4, -0.2) is 37.9 Å². The number of rotatable bonds is 5. The van der Waals surface area contributed by atoms with Crippen LogP contribution in [0, 0.1) is 5.41 Å². The molecule has 4 nitrogen and oxygen atoms in total. The van der Waals surface area contributed by atoms with E-state index in [4.69, 9.17) is 9.47 Å². The normalized spacial score (nSPS) is 19.0. The first-order valence-electron chi connectivity index (χ1n) is 5.81. The fraction of sp³-hybridized carbons (Fsp3) is 0.917. The summed E-state index contributed by atoms with van der Waals surface area (Å²) in [6.07, 6.45) is 0.425. The molecule has 0 bridgehead atoms. The Bertz CT molecular complexity index is 241. The molecule has 0 aromatic heterocycles. The highest BCUT2D eigenvalue weighted by Gasteiger charge is 2.32. The van der Waals surface area contributed by atoms with Gasteiger partial charge in [0, 0.05) is 18.5 Å². The number of nitrogens with one attached hydrogen (secondary N) is 1. The van der Waals surface area contributed by atoms with Crippen LogP contribution in [0.5, 0.6) is 0 Å². The van der Waals surface area contributed by atoms with Crippen molar-refractivity contribution >= 4 is 5.97 Å². The Morgan fingerprint density at radius 2 is 2.06 bits per heavy atom. The molecule has 0 spiro atoms. The molecule has 4 heteroatoms. The van der Waals surface area contributed by atoms with Gasteiger partial charge in [-0.25, -0.2) is 0 Å². The van der Waals surface area contributed by atoms with Gasteiger partial charge in [0.15, 0.2) is 0 Å². The maximum atomic E-state index is 11.4. The molecule has 1 aliphatic rings. The number of carbonyl (C=O) groups excluding carboxylic acids is 1. The van der Waals surface area contributed by atoms with Gasteiger partial charge in [-0.3, -0.25) is 4.79 Å². The Kier molecular flexibility index (Phi) is 4.33. The minimum atomic E-state index is -0.384. The fourth-order valence-corrected chi connectivity index (χ4v) is 1.53. The van der Waals surface area contributed by atoms with Crippen LogP contribution in [0.15, 0.2) is 0 Å². The van der Waals surface area contributed by atoms with Crippen molar-refractivity contribution in [3.63, 3.8) is 0 Å². The van der Waals surface area contributed by atoms with E-state index in [1.807, 2.05) is 20.8 Å². The quantitative estimate of drug-likeness (QED) is 0.571. The summed E-state index contributed by atoms with van der Waals surface area (Å²) in [4.78, 5) is 11.4. The van der Waals surface area contributed by atoms with Crippen LogP contribution in [0.3, 0.4) is 0 Å². The summed E-state index contributed by atoms with van der Waals surface area (Å²) in [6, 6.07) is 0. The molecule has 0 aromatic rings. The predicted molar refractivity (Wildman–Crippen MR) is 62.3 cm³/mol. The van der Waals surface area contributed by atoms with Gasteiger partial charge in [0.05, 0.1) is 19.6 Å². The Balaban J connectivity index is 2.04. The lowest BCUT2D eigenvalue weighted by molar-refractivity contribution is -0.154. The summed E-state index contributed by atoms with van der Waals surface area (Å²) < 4.78 is 10.4. The molecule has 1 rings (SSSR count). The highest BCUT2D eigenvalue weighted by molar-refractivity contribution is 5.70. The Labute approximate surface area is 97.7 Å². The highest BCUT2D eigenvalue weighted by atomic mass is 16.6. The minimum Gasteiger partial charge on any atom is -0.460 e. The van der Waals surface area contributed by atoms with Gasteiger partial charge >= 0.3 is 5.97 Å². The standard InChI is InChI=1S/C12H23NO3/c1-11(2,3)16-10(14)5-6-13-7-12(4)8-15-9-12/h13H,5-9H2,1-4H3. The number of hydrogen-bond donors (Lipinski definition) is 1. The van der Waals surface area contributed by atoms with E-state index in [-0.39, 0.29) is 17.0 Å². The first-order chi connectivity index (χ1) is 7.31. The smallest absolute Gasteiger partial charge is 0.307 e. The number of hydrogen-bond acceptors (Lipinski definition) is 4. The van der Waals surface area contributed by atoms with Crippen LogP contribution in [0.4, 0.5) is 0 Å². The third-order valence-corrected chi connectivity index (χ3v) is 2.38. The summed E-state index contributed by atoms with van der Waals surface area (Å²) in [5.41, 5.74) is -0.126. The van der Waals surface area contributed by atoms with Gasteiger partial charge < -0.3 is 14.8 Å². The minimum absolute atomic E-state index is 0.144. The molecule has 0 aromatic carbocycles. The molecule has 16 heavy (non-hydrogen) atoms. The van der Waals surface area contributed by atoms with E-state index >= 15 is 0 Å². The van der Waals surface area contributed by atoms with Crippen molar-refractivity contribution in [1.82, 2.24) is 5.32 Å². The fourth-order valence-electron chi connectivity index (χ4n) is 1.53. The van der Waals surface area contributed by atoms with Crippen molar-refractivity contribution in [3.8, 4) is 0 Å². The third-order valence-electron chi connectivity index (χ3n) is 2.38. The van der Waals surface area contributed by atoms with E-state index in [0.29, 0.717) is 13.0 Å². The molecule has 0 atom stereocenters. The summed E-state index contributed by atoms with van der Waals surface area (Å²) in [5.74, 6) is -0.144. The molecule has 1 aliphatic heterocycles. The van der Waals surface area contributed by atoms with Gasteiger partial charge in [-0.2, -0.15) is 0 Å². The second kappa shape index (κ2) is 5.15. The van der Waals surface area contributed by atoms with Crippen molar-refractivity contribution in [2.75, 3.05) is 26.3 Å². The largest absolute Gasteiger partial charge is 0.460 e. The maximum absolute atomic E-state index is 11.4. The van der Waals surface area contributed by atoms with Gasteiger partial charge in [0.1, 0.15) is 5.60 Å². The number of esters is 1. The topological polar surface area (TPSA) is 47.6 Å². The third kappa shape index (κ3) is 4.94. The van der Waals surface area contributed by atoms with Crippen LogP contribution >= 0.6 is 0 Å². The Morgan fingerprint density at radius 3 is 2.50 bits per heavy atom. The Hall–Kier alpha value is -0.610. The molecule has 94 valence electrons. The van der Waals surface area contributed by atoms with E-state index < -0.39 is 0 Å². The first-order valence-corrected chi connectivity index (χ1v) is 5.81. The van der Waals surface area contributed by atoms with E-state index in [1.165, 1.54) is 0 Å². The molecule has 1 fully saturated rings. The monoisotopic (exact) mass is 229 g/mol. The number of carbonyl (C=O) groups is 1. The lowest BCUT2D eigenvalue weighted by Crippen LogP contribution is -2.47. The summed E-state index contributed by atoms with van der Waals surface area (Å²) >= 11 is 0. The molecule has 0 saturated carbocycles.